The quantitative estimate of drug-likeness (QED) is 0.397. The molecule has 31 heavy (non-hydrogen) atoms. The van der Waals surface area contributed by atoms with E-state index in [-0.39, 0.29) is 30.8 Å². The summed E-state index contributed by atoms with van der Waals surface area (Å²) in [5.41, 5.74) is 3.50. The van der Waals surface area contributed by atoms with E-state index in [0.29, 0.717) is 17.8 Å². The first-order valence-corrected chi connectivity index (χ1v) is 11.0. The van der Waals surface area contributed by atoms with Crippen LogP contribution < -0.4 is 10.1 Å². The number of nitrogens with zero attached hydrogens (tertiary/aromatic N) is 1. The van der Waals surface area contributed by atoms with Gasteiger partial charge in [0.2, 0.25) is 5.91 Å². The standard InChI is InChI=1S/C23H28N2O5S/c1-4-16-7-10-20(25-13-16)18(12-22(27)29-3)14-30-19-8-5-17(6-9-19)11-21(31-15-26)23(28)24-2/h5-10,13,15,18,21H,4,11-12,14H2,1-3H3,(H,24,28). The first-order chi connectivity index (χ1) is 15.0. The minimum Gasteiger partial charge on any atom is -0.493 e. The molecule has 2 atom stereocenters. The van der Waals surface area contributed by atoms with Crippen LogP contribution in [0.2, 0.25) is 0 Å². The molecule has 0 bridgehead atoms. The van der Waals surface area contributed by atoms with Gasteiger partial charge < -0.3 is 14.8 Å². The van der Waals surface area contributed by atoms with Gasteiger partial charge in [-0.1, -0.05) is 36.9 Å². The minimum absolute atomic E-state index is 0.170. The molecule has 2 aromatic rings. The lowest BCUT2D eigenvalue weighted by Gasteiger charge is -2.17. The van der Waals surface area contributed by atoms with Crippen molar-refractivity contribution in [3.63, 3.8) is 0 Å². The molecule has 0 saturated carbocycles. The molecule has 1 N–H and O–H groups in total. The van der Waals surface area contributed by atoms with Crippen LogP contribution >= 0.6 is 11.8 Å². The van der Waals surface area contributed by atoms with Crippen molar-refractivity contribution in [1.82, 2.24) is 10.3 Å². The number of benzene rings is 1. The zero-order valence-corrected chi connectivity index (χ0v) is 18.8. The molecule has 1 amide bonds. The highest BCUT2D eigenvalue weighted by Crippen LogP contribution is 2.23. The maximum Gasteiger partial charge on any atom is 0.306 e. The predicted molar refractivity (Wildman–Crippen MR) is 121 cm³/mol. The monoisotopic (exact) mass is 444 g/mol. The van der Waals surface area contributed by atoms with E-state index in [4.69, 9.17) is 9.47 Å². The Labute approximate surface area is 186 Å². The lowest BCUT2D eigenvalue weighted by Crippen LogP contribution is -2.31. The van der Waals surface area contributed by atoms with Crippen LogP contribution in [0.1, 0.15) is 36.1 Å². The molecule has 2 unspecified atom stereocenters. The van der Waals surface area contributed by atoms with Gasteiger partial charge in [0.05, 0.1) is 25.4 Å². The Hall–Kier alpha value is -2.87. The van der Waals surface area contributed by atoms with Gasteiger partial charge in [0, 0.05) is 24.9 Å². The second-order valence-corrected chi connectivity index (χ2v) is 7.95. The van der Waals surface area contributed by atoms with Crippen LogP contribution in [-0.4, -0.2) is 48.5 Å². The summed E-state index contributed by atoms with van der Waals surface area (Å²) in [5, 5.41) is 2.09. The third-order valence-electron chi connectivity index (χ3n) is 4.87. The zero-order valence-electron chi connectivity index (χ0n) is 18.0. The number of esters is 1. The SMILES string of the molecule is CCc1ccc(C(COc2ccc(CC(SC=O)C(=O)NC)cc2)CC(=O)OC)nc1. The van der Waals surface area contributed by atoms with Crippen LogP contribution in [0.15, 0.2) is 42.6 Å². The molecule has 8 heteroatoms. The number of carbonyl (C=O) groups excluding carboxylic acids is 3. The molecule has 0 radical (unpaired) electrons. The van der Waals surface area contributed by atoms with Crippen LogP contribution in [-0.2, 0) is 32.0 Å². The Morgan fingerprint density at radius 2 is 1.87 bits per heavy atom. The lowest BCUT2D eigenvalue weighted by atomic mass is 10.0. The second-order valence-electron chi connectivity index (χ2n) is 6.92. The van der Waals surface area contributed by atoms with Crippen LogP contribution in [0.5, 0.6) is 5.75 Å². The van der Waals surface area contributed by atoms with E-state index in [9.17, 15) is 14.4 Å². The molecule has 7 nitrogen and oxygen atoms in total. The summed E-state index contributed by atoms with van der Waals surface area (Å²) < 4.78 is 10.7. The van der Waals surface area contributed by atoms with Crippen molar-refractivity contribution in [2.75, 3.05) is 20.8 Å². The number of pyridine rings is 1. The minimum atomic E-state index is -0.476. The molecule has 0 fully saturated rings. The topological polar surface area (TPSA) is 94.6 Å². The van der Waals surface area contributed by atoms with Gasteiger partial charge in [-0.15, -0.1) is 0 Å². The summed E-state index contributed by atoms with van der Waals surface area (Å²) in [7, 11) is 2.91. The van der Waals surface area contributed by atoms with Crippen molar-refractivity contribution in [2.24, 2.45) is 0 Å². The molecule has 1 aromatic carbocycles. The largest absolute Gasteiger partial charge is 0.493 e. The number of aryl methyl sites for hydroxylation is 1. The molecule has 0 aliphatic rings. The van der Waals surface area contributed by atoms with Crippen molar-refractivity contribution in [1.29, 1.82) is 0 Å². The van der Waals surface area contributed by atoms with Crippen LogP contribution in [0.25, 0.3) is 0 Å². The number of thioether (sulfide) groups is 1. The van der Waals surface area contributed by atoms with Gasteiger partial charge in [0.15, 0.2) is 5.62 Å². The number of amides is 1. The highest BCUT2D eigenvalue weighted by molar-refractivity contribution is 8.13. The van der Waals surface area contributed by atoms with Crippen molar-refractivity contribution in [3.8, 4) is 5.75 Å². The summed E-state index contributed by atoms with van der Waals surface area (Å²) in [6.07, 6.45) is 3.31. The number of hydrogen-bond acceptors (Lipinski definition) is 7. The number of nitrogens with one attached hydrogen (secondary N) is 1. The Morgan fingerprint density at radius 1 is 1.16 bits per heavy atom. The van der Waals surface area contributed by atoms with Gasteiger partial charge in [-0.25, -0.2) is 0 Å². The molecule has 1 aromatic heterocycles. The van der Waals surface area contributed by atoms with Crippen LogP contribution in [0, 0.1) is 0 Å². The molecular weight excluding hydrogens is 416 g/mol. The van der Waals surface area contributed by atoms with E-state index in [1.54, 1.807) is 7.05 Å². The molecular formula is C23H28N2O5S. The van der Waals surface area contributed by atoms with E-state index in [1.165, 1.54) is 7.11 Å². The fourth-order valence-electron chi connectivity index (χ4n) is 2.98. The smallest absolute Gasteiger partial charge is 0.306 e. The first-order valence-electron chi connectivity index (χ1n) is 10.0. The van der Waals surface area contributed by atoms with Gasteiger partial charge in [-0.2, -0.15) is 0 Å². The van der Waals surface area contributed by atoms with E-state index in [2.05, 4.69) is 17.2 Å². The van der Waals surface area contributed by atoms with Gasteiger partial charge in [0.1, 0.15) is 5.75 Å². The highest BCUT2D eigenvalue weighted by atomic mass is 32.2. The fourth-order valence-corrected chi connectivity index (χ4v) is 3.65. The maximum atomic E-state index is 11.9. The Bertz CT molecular complexity index is 855. The van der Waals surface area contributed by atoms with Gasteiger partial charge in [-0.3, -0.25) is 19.4 Å². The summed E-state index contributed by atoms with van der Waals surface area (Å²) in [6.45, 7) is 2.33. The normalized spacial score (nSPS) is 12.5. The van der Waals surface area contributed by atoms with Gasteiger partial charge >= 0.3 is 5.97 Å². The number of aromatic nitrogens is 1. The van der Waals surface area contributed by atoms with Crippen LogP contribution in [0.4, 0.5) is 0 Å². The molecule has 0 aliphatic carbocycles. The molecule has 0 aliphatic heterocycles. The van der Waals surface area contributed by atoms with Crippen molar-refractivity contribution in [2.45, 2.75) is 37.4 Å². The Morgan fingerprint density at radius 3 is 2.42 bits per heavy atom. The van der Waals surface area contributed by atoms with Crippen molar-refractivity contribution < 1.29 is 23.9 Å². The maximum absolute atomic E-state index is 11.9. The van der Waals surface area contributed by atoms with Crippen molar-refractivity contribution >= 4 is 29.3 Å². The van der Waals surface area contributed by atoms with E-state index >= 15 is 0 Å². The number of hydrogen-bond donors (Lipinski definition) is 1. The first kappa shape index (κ1) is 24.4. The number of carbonyl (C=O) groups is 3. The van der Waals surface area contributed by atoms with Crippen LogP contribution in [0.3, 0.4) is 0 Å². The second kappa shape index (κ2) is 12.7. The predicted octanol–water partition coefficient (Wildman–Crippen LogP) is 2.95. The summed E-state index contributed by atoms with van der Waals surface area (Å²) in [4.78, 5) is 39.0. The molecule has 0 saturated heterocycles. The third-order valence-corrected chi connectivity index (χ3v) is 5.69. The number of rotatable bonds is 12. The average Bonchev–Trinajstić information content (AvgIpc) is 2.81. The van der Waals surface area contributed by atoms with Gasteiger partial charge in [-0.05, 0) is 42.2 Å². The molecule has 1 heterocycles. The third kappa shape index (κ3) is 7.71. The zero-order chi connectivity index (χ0) is 22.6. The lowest BCUT2D eigenvalue weighted by molar-refractivity contribution is -0.141. The Kier molecular flexibility index (Phi) is 10.0. The highest BCUT2D eigenvalue weighted by Gasteiger charge is 2.20. The van der Waals surface area contributed by atoms with E-state index in [1.807, 2.05) is 42.6 Å². The van der Waals surface area contributed by atoms with E-state index < -0.39 is 5.25 Å². The number of methoxy groups -OCH3 is 1. The Balaban J connectivity index is 2.04. The molecule has 0 spiro atoms. The summed E-state index contributed by atoms with van der Waals surface area (Å²) in [6, 6.07) is 11.3. The molecule has 166 valence electrons. The van der Waals surface area contributed by atoms with E-state index in [0.717, 1.165) is 35.0 Å². The average molecular weight is 445 g/mol. The fraction of sp³-hybridized carbons (Fsp3) is 0.391. The van der Waals surface area contributed by atoms with Gasteiger partial charge in [0.25, 0.3) is 0 Å². The summed E-state index contributed by atoms with van der Waals surface area (Å²) in [5.74, 6) is -0.106. The molecule has 2 rings (SSSR count). The summed E-state index contributed by atoms with van der Waals surface area (Å²) >= 11 is 0.956. The number of ether oxygens (including phenoxy) is 2. The van der Waals surface area contributed by atoms with Crippen molar-refractivity contribution in [3.05, 3.63) is 59.4 Å².